The van der Waals surface area contributed by atoms with Crippen LogP contribution in [-0.2, 0) is 12.7 Å². The number of halogens is 3. The summed E-state index contributed by atoms with van der Waals surface area (Å²) in [5.41, 5.74) is 1.41. The van der Waals surface area contributed by atoms with Gasteiger partial charge in [0.15, 0.2) is 0 Å². The number of rotatable bonds is 5. The van der Waals surface area contributed by atoms with Gasteiger partial charge in [-0.2, -0.15) is 13.2 Å². The number of amides is 1. The predicted octanol–water partition coefficient (Wildman–Crippen LogP) is 4.67. The van der Waals surface area contributed by atoms with Crippen molar-refractivity contribution < 1.29 is 18.0 Å². The van der Waals surface area contributed by atoms with Crippen LogP contribution in [0.3, 0.4) is 0 Å². The minimum Gasteiger partial charge on any atom is -0.365 e. The summed E-state index contributed by atoms with van der Waals surface area (Å²) in [4.78, 5) is 20.3. The molecule has 0 saturated heterocycles. The van der Waals surface area contributed by atoms with Gasteiger partial charge in [-0.1, -0.05) is 35.9 Å². The highest BCUT2D eigenvalue weighted by Crippen LogP contribution is 2.30. The van der Waals surface area contributed by atoms with Gasteiger partial charge in [-0.25, -0.2) is 9.97 Å². The number of benzene rings is 2. The molecule has 0 radical (unpaired) electrons. The van der Waals surface area contributed by atoms with Gasteiger partial charge in [0.2, 0.25) is 0 Å². The normalized spacial score (nSPS) is 11.1. The van der Waals surface area contributed by atoms with Crippen molar-refractivity contribution in [1.29, 1.82) is 0 Å². The van der Waals surface area contributed by atoms with Crippen molar-refractivity contribution in [2.24, 2.45) is 0 Å². The van der Waals surface area contributed by atoms with Gasteiger partial charge in [0.25, 0.3) is 5.91 Å². The van der Waals surface area contributed by atoms with Crippen molar-refractivity contribution >= 4 is 17.4 Å². The van der Waals surface area contributed by atoms with Crippen LogP contribution in [-0.4, -0.2) is 15.9 Å². The number of carbonyl (C=O) groups is 1. The molecule has 0 saturated carbocycles. The third kappa shape index (κ3) is 5.06. The van der Waals surface area contributed by atoms with Crippen molar-refractivity contribution in [1.82, 2.24) is 9.97 Å². The second-order valence-electron chi connectivity index (χ2n) is 6.16. The largest absolute Gasteiger partial charge is 0.416 e. The molecule has 0 aliphatic carbocycles. The maximum absolute atomic E-state index is 12.7. The molecule has 0 fully saturated rings. The number of carbonyl (C=O) groups excluding carboxylic acids is 1. The van der Waals surface area contributed by atoms with E-state index in [1.807, 2.05) is 31.2 Å². The molecule has 0 atom stereocenters. The summed E-state index contributed by atoms with van der Waals surface area (Å²) in [7, 11) is 0. The van der Waals surface area contributed by atoms with Crippen LogP contribution in [0.1, 0.15) is 27.2 Å². The molecule has 0 bridgehead atoms. The van der Waals surface area contributed by atoms with Gasteiger partial charge in [0, 0.05) is 12.2 Å². The summed E-state index contributed by atoms with van der Waals surface area (Å²) in [5.74, 6) is -0.158. The first-order valence-corrected chi connectivity index (χ1v) is 8.41. The molecule has 3 rings (SSSR count). The average molecular weight is 386 g/mol. The smallest absolute Gasteiger partial charge is 0.365 e. The number of hydrogen-bond donors (Lipinski definition) is 2. The fourth-order valence-electron chi connectivity index (χ4n) is 2.52. The molecule has 2 aromatic carbocycles. The molecule has 3 aromatic rings. The molecular weight excluding hydrogens is 369 g/mol. The molecule has 1 heterocycles. The Morgan fingerprint density at radius 2 is 1.82 bits per heavy atom. The van der Waals surface area contributed by atoms with Crippen molar-refractivity contribution in [2.45, 2.75) is 19.6 Å². The van der Waals surface area contributed by atoms with Crippen LogP contribution in [0.4, 0.5) is 24.7 Å². The highest BCUT2D eigenvalue weighted by atomic mass is 19.4. The highest BCUT2D eigenvalue weighted by Gasteiger charge is 2.30. The molecule has 1 amide bonds. The lowest BCUT2D eigenvalue weighted by molar-refractivity contribution is -0.137. The molecule has 0 aliphatic rings. The van der Waals surface area contributed by atoms with Crippen molar-refractivity contribution in [3.8, 4) is 0 Å². The Balaban J connectivity index is 1.62. The second kappa shape index (κ2) is 8.08. The van der Waals surface area contributed by atoms with Crippen LogP contribution in [0, 0.1) is 6.92 Å². The molecule has 5 nitrogen and oxygen atoms in total. The minimum atomic E-state index is -4.48. The van der Waals surface area contributed by atoms with E-state index >= 15 is 0 Å². The zero-order valence-corrected chi connectivity index (χ0v) is 14.9. The quantitative estimate of drug-likeness (QED) is 0.669. The van der Waals surface area contributed by atoms with Crippen molar-refractivity contribution in [2.75, 3.05) is 10.6 Å². The van der Waals surface area contributed by atoms with E-state index < -0.39 is 17.6 Å². The van der Waals surface area contributed by atoms with Gasteiger partial charge < -0.3 is 10.6 Å². The van der Waals surface area contributed by atoms with Gasteiger partial charge >= 0.3 is 6.18 Å². The fourth-order valence-corrected chi connectivity index (χ4v) is 2.52. The Hall–Kier alpha value is -3.42. The van der Waals surface area contributed by atoms with Gasteiger partial charge in [-0.05, 0) is 30.7 Å². The van der Waals surface area contributed by atoms with Gasteiger partial charge in [-0.3, -0.25) is 4.79 Å². The van der Waals surface area contributed by atoms with E-state index in [2.05, 4.69) is 20.6 Å². The van der Waals surface area contributed by atoms with Crippen LogP contribution in [0.15, 0.2) is 60.9 Å². The SMILES string of the molecule is Cc1cccc(CNc2cnc(C(=O)Nc3cccc(C(F)(F)F)c3)cn2)c1. The maximum atomic E-state index is 12.7. The maximum Gasteiger partial charge on any atom is 0.416 e. The average Bonchev–Trinajstić information content (AvgIpc) is 2.66. The lowest BCUT2D eigenvalue weighted by Crippen LogP contribution is -2.15. The second-order valence-corrected chi connectivity index (χ2v) is 6.16. The molecule has 0 aliphatic heterocycles. The molecule has 0 unspecified atom stereocenters. The van der Waals surface area contributed by atoms with E-state index in [0.29, 0.717) is 12.4 Å². The van der Waals surface area contributed by atoms with E-state index in [1.54, 1.807) is 0 Å². The third-order valence-corrected chi connectivity index (χ3v) is 3.89. The van der Waals surface area contributed by atoms with Crippen molar-refractivity contribution in [3.63, 3.8) is 0 Å². The summed E-state index contributed by atoms with van der Waals surface area (Å²) in [6, 6.07) is 12.4. The Labute approximate surface area is 159 Å². The van der Waals surface area contributed by atoms with Crippen LogP contribution < -0.4 is 10.6 Å². The van der Waals surface area contributed by atoms with Gasteiger partial charge in [0.1, 0.15) is 11.5 Å². The Kier molecular flexibility index (Phi) is 5.58. The van der Waals surface area contributed by atoms with E-state index in [1.165, 1.54) is 24.5 Å². The van der Waals surface area contributed by atoms with E-state index in [-0.39, 0.29) is 11.4 Å². The zero-order chi connectivity index (χ0) is 20.1. The third-order valence-electron chi connectivity index (χ3n) is 3.89. The fraction of sp³-hybridized carbons (Fsp3) is 0.150. The number of nitrogens with one attached hydrogen (secondary N) is 2. The number of hydrogen-bond acceptors (Lipinski definition) is 4. The molecule has 1 aromatic heterocycles. The summed E-state index contributed by atoms with van der Waals surface area (Å²) >= 11 is 0. The molecule has 8 heteroatoms. The summed E-state index contributed by atoms with van der Waals surface area (Å²) in [5, 5.41) is 5.49. The molecule has 28 heavy (non-hydrogen) atoms. The molecule has 0 spiro atoms. The first kappa shape index (κ1) is 19.3. The molecule has 144 valence electrons. The van der Waals surface area contributed by atoms with Crippen molar-refractivity contribution in [3.05, 3.63) is 83.3 Å². The van der Waals surface area contributed by atoms with Gasteiger partial charge in [0.05, 0.1) is 18.0 Å². The predicted molar refractivity (Wildman–Crippen MR) is 99.9 cm³/mol. The van der Waals surface area contributed by atoms with Crippen LogP contribution in [0.5, 0.6) is 0 Å². The minimum absolute atomic E-state index is 0.00137. The number of aryl methyl sites for hydroxylation is 1. The van der Waals surface area contributed by atoms with E-state index in [0.717, 1.165) is 23.3 Å². The Morgan fingerprint density at radius 1 is 1.04 bits per heavy atom. The summed E-state index contributed by atoms with van der Waals surface area (Å²) < 4.78 is 38.2. The monoisotopic (exact) mass is 386 g/mol. The Morgan fingerprint density at radius 3 is 2.50 bits per heavy atom. The number of aromatic nitrogens is 2. The standard InChI is InChI=1S/C20H17F3N4O/c1-13-4-2-5-14(8-13)10-25-18-12-24-17(11-26-18)19(28)27-16-7-3-6-15(9-16)20(21,22)23/h2-9,11-12H,10H2,1H3,(H,25,26)(H,27,28). The van der Waals surface area contributed by atoms with Crippen LogP contribution >= 0.6 is 0 Å². The zero-order valence-electron chi connectivity index (χ0n) is 14.9. The highest BCUT2D eigenvalue weighted by molar-refractivity contribution is 6.02. The summed E-state index contributed by atoms with van der Waals surface area (Å²) in [6.07, 6.45) is -1.82. The first-order chi connectivity index (χ1) is 13.3. The lowest BCUT2D eigenvalue weighted by Gasteiger charge is -2.10. The van der Waals surface area contributed by atoms with Crippen LogP contribution in [0.25, 0.3) is 0 Å². The topological polar surface area (TPSA) is 66.9 Å². The van der Waals surface area contributed by atoms with E-state index in [4.69, 9.17) is 0 Å². The van der Waals surface area contributed by atoms with E-state index in [9.17, 15) is 18.0 Å². The number of anilines is 2. The van der Waals surface area contributed by atoms with Crippen LogP contribution in [0.2, 0.25) is 0 Å². The number of nitrogens with zero attached hydrogens (tertiary/aromatic N) is 2. The molecule has 2 N–H and O–H groups in total. The number of alkyl halides is 3. The molecular formula is C20H17F3N4O. The first-order valence-electron chi connectivity index (χ1n) is 8.41. The Bertz CT molecular complexity index is 972. The van der Waals surface area contributed by atoms with Gasteiger partial charge in [-0.15, -0.1) is 0 Å². The lowest BCUT2D eigenvalue weighted by atomic mass is 10.1. The summed E-state index contributed by atoms with van der Waals surface area (Å²) in [6.45, 7) is 2.55.